The van der Waals surface area contributed by atoms with E-state index in [1.165, 1.54) is 15.8 Å². The molecule has 0 saturated heterocycles. The van der Waals surface area contributed by atoms with E-state index in [0.717, 1.165) is 23.7 Å². The molecule has 0 saturated carbocycles. The van der Waals surface area contributed by atoms with Crippen LogP contribution in [-0.2, 0) is 22.7 Å². The van der Waals surface area contributed by atoms with Gasteiger partial charge in [-0.1, -0.05) is 30.3 Å². The first-order chi connectivity index (χ1) is 14.2. The topological polar surface area (TPSA) is 64.0 Å². The van der Waals surface area contributed by atoms with Gasteiger partial charge in [-0.2, -0.15) is 0 Å². The van der Waals surface area contributed by atoms with Crippen LogP contribution < -0.4 is 9.47 Å². The van der Waals surface area contributed by atoms with Crippen LogP contribution in [0.25, 0.3) is 10.9 Å². The third kappa shape index (κ3) is 4.03. The molecular formula is C22H23N3O4. The van der Waals surface area contributed by atoms with Gasteiger partial charge in [-0.3, -0.25) is 9.59 Å². The van der Waals surface area contributed by atoms with E-state index in [1.807, 2.05) is 41.3 Å². The zero-order valence-corrected chi connectivity index (χ0v) is 16.3. The third-order valence-electron chi connectivity index (χ3n) is 5.04. The Hall–Kier alpha value is -3.48. The molecule has 0 atom stereocenters. The molecule has 2 aliphatic rings. The maximum Gasteiger partial charge on any atom is 0.242 e. The molecule has 0 bridgehead atoms. The van der Waals surface area contributed by atoms with Gasteiger partial charge in [0.25, 0.3) is 0 Å². The van der Waals surface area contributed by atoms with Crippen LogP contribution >= 0.6 is 0 Å². The molecule has 3 heterocycles. The van der Waals surface area contributed by atoms with Crippen molar-refractivity contribution in [3.63, 3.8) is 0 Å². The first-order valence-corrected chi connectivity index (χ1v) is 9.51. The Morgan fingerprint density at radius 1 is 1.07 bits per heavy atom. The van der Waals surface area contributed by atoms with Gasteiger partial charge in [0, 0.05) is 31.3 Å². The molecule has 2 aliphatic heterocycles. The number of aromatic nitrogens is 1. The molecule has 0 unspecified atom stereocenters. The van der Waals surface area contributed by atoms with Gasteiger partial charge in [0.05, 0.1) is 13.1 Å². The molecule has 0 radical (unpaired) electrons. The lowest BCUT2D eigenvalue weighted by Crippen LogP contribution is -2.42. The molecule has 7 nitrogen and oxygen atoms in total. The number of carbonyl (C=O) groups is 2. The minimum atomic E-state index is -0.00361. The quantitative estimate of drug-likeness (QED) is 0.642. The van der Waals surface area contributed by atoms with Crippen molar-refractivity contribution in [1.82, 2.24) is 14.4 Å². The van der Waals surface area contributed by atoms with Crippen molar-refractivity contribution in [3.8, 4) is 11.5 Å². The molecule has 150 valence electrons. The van der Waals surface area contributed by atoms with E-state index in [2.05, 4.69) is 22.8 Å². The molecule has 0 fully saturated rings. The Morgan fingerprint density at radius 3 is 2.48 bits per heavy atom. The average Bonchev–Trinajstić information content (AvgIpc) is 3.37. The lowest BCUT2D eigenvalue weighted by atomic mass is 10.2. The second-order valence-corrected chi connectivity index (χ2v) is 7.04. The second kappa shape index (κ2) is 8.26. The fourth-order valence-electron chi connectivity index (χ4n) is 3.57. The van der Waals surface area contributed by atoms with Gasteiger partial charge in [0.1, 0.15) is 0 Å². The van der Waals surface area contributed by atoms with Crippen molar-refractivity contribution in [2.75, 3.05) is 26.9 Å². The van der Waals surface area contributed by atoms with Crippen molar-refractivity contribution < 1.29 is 19.1 Å². The Morgan fingerprint density at radius 2 is 1.76 bits per heavy atom. The van der Waals surface area contributed by atoms with Crippen molar-refractivity contribution in [2.24, 2.45) is 0 Å². The summed E-state index contributed by atoms with van der Waals surface area (Å²) in [4.78, 5) is 25.9. The van der Waals surface area contributed by atoms with Gasteiger partial charge in [0.15, 0.2) is 11.5 Å². The molecule has 1 aromatic heterocycles. The predicted octanol–water partition coefficient (Wildman–Crippen LogP) is 2.49. The predicted molar refractivity (Wildman–Crippen MR) is 109 cm³/mol. The molecule has 0 aliphatic carbocycles. The molecule has 29 heavy (non-hydrogen) atoms. The van der Waals surface area contributed by atoms with Crippen LogP contribution in [0.15, 0.2) is 54.6 Å². The number of rotatable bonds is 3. The molecule has 5 rings (SSSR count). The number of amides is 2. The summed E-state index contributed by atoms with van der Waals surface area (Å²) >= 11 is 0. The van der Waals surface area contributed by atoms with Crippen LogP contribution in [-0.4, -0.2) is 53.6 Å². The maximum atomic E-state index is 12.1. The zero-order chi connectivity index (χ0) is 20.2. The van der Waals surface area contributed by atoms with Gasteiger partial charge in [-0.05, 0) is 29.7 Å². The fraction of sp³-hybridized carbons (Fsp3) is 0.273. The van der Waals surface area contributed by atoms with Gasteiger partial charge in [-0.25, -0.2) is 0 Å². The number of nitrogens with zero attached hydrogens (tertiary/aromatic N) is 3. The number of fused-ring (bicyclic) bond motifs is 4. The maximum absolute atomic E-state index is 12.1. The molecule has 2 amide bonds. The van der Waals surface area contributed by atoms with Crippen LogP contribution in [0.4, 0.5) is 0 Å². The molecule has 7 heteroatoms. The Kier molecular flexibility index (Phi) is 5.37. The summed E-state index contributed by atoms with van der Waals surface area (Å²) < 4.78 is 12.4. The highest BCUT2D eigenvalue weighted by atomic mass is 16.7. The van der Waals surface area contributed by atoms with Crippen LogP contribution in [0.5, 0.6) is 11.5 Å². The largest absolute Gasteiger partial charge is 0.454 e. The smallest absolute Gasteiger partial charge is 0.242 e. The lowest BCUT2D eigenvalue weighted by molar-refractivity contribution is -0.136. The number of ether oxygens (including phenoxy) is 2. The van der Waals surface area contributed by atoms with E-state index < -0.39 is 0 Å². The summed E-state index contributed by atoms with van der Waals surface area (Å²) in [5.74, 6) is 1.69. The van der Waals surface area contributed by atoms with Crippen LogP contribution in [0.2, 0.25) is 0 Å². The fourth-order valence-corrected chi connectivity index (χ4v) is 3.57. The van der Waals surface area contributed by atoms with E-state index in [4.69, 9.17) is 9.47 Å². The van der Waals surface area contributed by atoms with Crippen molar-refractivity contribution in [2.45, 2.75) is 13.1 Å². The Labute approximate surface area is 169 Å². The van der Waals surface area contributed by atoms with Crippen LogP contribution in [0, 0.1) is 0 Å². The minimum Gasteiger partial charge on any atom is -0.454 e. The van der Waals surface area contributed by atoms with E-state index in [0.29, 0.717) is 26.3 Å². The van der Waals surface area contributed by atoms with Crippen molar-refractivity contribution >= 4 is 23.2 Å². The van der Waals surface area contributed by atoms with E-state index in [9.17, 15) is 9.59 Å². The summed E-state index contributed by atoms with van der Waals surface area (Å²) in [6.45, 7) is 2.61. The minimum absolute atomic E-state index is 0.00361. The Balaban J connectivity index is 0.000000188. The third-order valence-corrected chi connectivity index (χ3v) is 5.04. The monoisotopic (exact) mass is 393 g/mol. The van der Waals surface area contributed by atoms with Crippen molar-refractivity contribution in [3.05, 3.63) is 60.3 Å². The van der Waals surface area contributed by atoms with Crippen LogP contribution in [0.3, 0.4) is 0 Å². The number of hydrogen-bond acceptors (Lipinski definition) is 4. The van der Waals surface area contributed by atoms with Gasteiger partial charge < -0.3 is 23.8 Å². The number of para-hydroxylation sites is 3. The summed E-state index contributed by atoms with van der Waals surface area (Å²) in [5, 5.41) is 1.21. The Bertz CT molecular complexity index is 1010. The molecule has 2 aromatic carbocycles. The zero-order valence-electron chi connectivity index (χ0n) is 16.3. The first kappa shape index (κ1) is 18.9. The molecule has 3 aromatic rings. The lowest BCUT2D eigenvalue weighted by Gasteiger charge is -2.30. The van der Waals surface area contributed by atoms with Gasteiger partial charge >= 0.3 is 0 Å². The van der Waals surface area contributed by atoms with Gasteiger partial charge in [0.2, 0.25) is 19.1 Å². The number of benzene rings is 2. The number of hydrogen-bond donors (Lipinski definition) is 0. The summed E-state index contributed by atoms with van der Waals surface area (Å²) in [6.07, 6.45) is 0.679. The molecule has 0 spiro atoms. The number of carbonyl (C=O) groups excluding carboxylic acids is 2. The standard InChI is InChI=1S/C15H17N3O2.C7H6O2/c1-16(11-19)10-15(20)17-6-7-18-13(9-17)8-12-4-2-3-5-14(12)18;1-2-4-7-6(3-1)8-5-9-7/h2-5,8,11H,6-7,9-10H2,1H3;1-4H,5H2. The second-order valence-electron chi connectivity index (χ2n) is 7.04. The molecular weight excluding hydrogens is 370 g/mol. The van der Waals surface area contributed by atoms with Crippen LogP contribution in [0.1, 0.15) is 5.69 Å². The highest BCUT2D eigenvalue weighted by Crippen LogP contribution is 2.30. The normalized spacial score (nSPS) is 14.0. The average molecular weight is 393 g/mol. The highest BCUT2D eigenvalue weighted by Gasteiger charge is 2.22. The van der Waals surface area contributed by atoms with E-state index in [-0.39, 0.29) is 12.5 Å². The summed E-state index contributed by atoms with van der Waals surface area (Å²) in [6, 6.07) is 18.0. The van der Waals surface area contributed by atoms with E-state index >= 15 is 0 Å². The summed E-state index contributed by atoms with van der Waals surface area (Å²) in [7, 11) is 1.62. The van der Waals surface area contributed by atoms with E-state index in [1.54, 1.807) is 7.05 Å². The summed E-state index contributed by atoms with van der Waals surface area (Å²) in [5.41, 5.74) is 2.37. The van der Waals surface area contributed by atoms with Crippen molar-refractivity contribution in [1.29, 1.82) is 0 Å². The number of likely N-dealkylation sites (N-methyl/N-ethyl adjacent to an activating group) is 1. The SMILES string of the molecule is CN(C=O)CC(=O)N1CCn2c(cc3ccccc32)C1.c1ccc2c(c1)OCO2. The first-order valence-electron chi connectivity index (χ1n) is 9.51. The molecule has 0 N–H and O–H groups in total. The highest BCUT2D eigenvalue weighted by molar-refractivity contribution is 5.83. The van der Waals surface area contributed by atoms with Gasteiger partial charge in [-0.15, -0.1) is 0 Å².